The van der Waals surface area contributed by atoms with Crippen molar-refractivity contribution in [1.29, 1.82) is 0 Å². The second kappa shape index (κ2) is 11.3. The Morgan fingerprint density at radius 2 is 1.88 bits per heavy atom. The lowest BCUT2D eigenvalue weighted by Gasteiger charge is -2.35. The number of carbonyl (C=O) groups excluding carboxylic acids is 1. The number of methoxy groups -OCH3 is 2. The van der Waals surface area contributed by atoms with E-state index in [1.165, 1.54) is 22.7 Å². The van der Waals surface area contributed by atoms with Gasteiger partial charge in [0.25, 0.3) is 5.91 Å². The molecular formula is C28H30FN3O7S. The molecular weight excluding hydrogens is 541 g/mol. The SMILES string of the molecule is COc1ccc(OC)c(CC(NC(=O)C2=CC3(CCN(S(=O)(=O)c4ccc(F)cc4)CC3)ON2)c2ccco2)c1. The van der Waals surface area contributed by atoms with E-state index in [1.807, 2.05) is 6.07 Å². The maximum absolute atomic E-state index is 13.3. The number of hydrogen-bond donors (Lipinski definition) is 2. The zero-order valence-corrected chi connectivity index (χ0v) is 22.9. The van der Waals surface area contributed by atoms with Gasteiger partial charge in [0.05, 0.1) is 31.4 Å². The van der Waals surface area contributed by atoms with E-state index in [2.05, 4.69) is 10.8 Å². The topological polar surface area (TPSA) is 119 Å². The van der Waals surface area contributed by atoms with E-state index >= 15 is 0 Å². The molecule has 2 aliphatic rings. The average Bonchev–Trinajstić information content (AvgIpc) is 3.64. The second-order valence-corrected chi connectivity index (χ2v) is 11.5. The summed E-state index contributed by atoms with van der Waals surface area (Å²) in [5, 5.41) is 3.00. The minimum Gasteiger partial charge on any atom is -0.497 e. The van der Waals surface area contributed by atoms with E-state index in [-0.39, 0.29) is 23.7 Å². The van der Waals surface area contributed by atoms with Crippen LogP contribution in [0.5, 0.6) is 11.5 Å². The number of piperidine rings is 1. The summed E-state index contributed by atoms with van der Waals surface area (Å²) in [5.41, 5.74) is 2.94. The number of sulfonamides is 1. The highest BCUT2D eigenvalue weighted by Crippen LogP contribution is 2.35. The van der Waals surface area contributed by atoms with Gasteiger partial charge < -0.3 is 19.2 Å². The average molecular weight is 572 g/mol. The number of furan rings is 1. The molecule has 1 saturated heterocycles. The van der Waals surface area contributed by atoms with Gasteiger partial charge in [0.1, 0.15) is 34.4 Å². The molecule has 212 valence electrons. The van der Waals surface area contributed by atoms with E-state index in [0.29, 0.717) is 36.5 Å². The standard InChI is InChI=1S/C28H30FN3O7S/c1-36-21-7-10-25(37-2)19(16-21)17-23(26-4-3-15-38-26)30-27(33)24-18-28(39-31-24)11-13-32(14-12-28)40(34,35)22-8-5-20(29)6-9-22/h3-10,15-16,18,23,31H,11-14,17H2,1-2H3,(H,30,33). The van der Waals surface area contributed by atoms with Crippen LogP contribution >= 0.6 is 0 Å². The Balaban J connectivity index is 1.28. The first-order chi connectivity index (χ1) is 19.2. The van der Waals surface area contributed by atoms with Crippen molar-refractivity contribution >= 4 is 15.9 Å². The maximum Gasteiger partial charge on any atom is 0.270 e. The summed E-state index contributed by atoms with van der Waals surface area (Å²) in [6, 6.07) is 13.2. The zero-order valence-electron chi connectivity index (χ0n) is 22.1. The molecule has 1 atom stereocenters. The number of benzene rings is 2. The van der Waals surface area contributed by atoms with Crippen LogP contribution in [0.4, 0.5) is 4.39 Å². The van der Waals surface area contributed by atoms with Gasteiger partial charge in [-0.1, -0.05) is 0 Å². The molecule has 5 rings (SSSR count). The first-order valence-corrected chi connectivity index (χ1v) is 14.1. The summed E-state index contributed by atoms with van der Waals surface area (Å²) in [5.74, 6) is 0.959. The fourth-order valence-electron chi connectivity index (χ4n) is 4.91. The Bertz CT molecular complexity index is 1480. The molecule has 1 amide bonds. The van der Waals surface area contributed by atoms with E-state index < -0.39 is 33.4 Å². The molecule has 40 heavy (non-hydrogen) atoms. The first kappa shape index (κ1) is 27.7. The zero-order chi connectivity index (χ0) is 28.3. The summed E-state index contributed by atoms with van der Waals surface area (Å²) in [6.45, 7) is 0.356. The lowest BCUT2D eigenvalue weighted by atomic mass is 9.92. The Morgan fingerprint density at radius 1 is 1.12 bits per heavy atom. The number of amides is 1. The van der Waals surface area contributed by atoms with Crippen molar-refractivity contribution in [1.82, 2.24) is 15.1 Å². The Kier molecular flexibility index (Phi) is 7.83. The van der Waals surface area contributed by atoms with Gasteiger partial charge in [-0.05, 0) is 73.5 Å². The Morgan fingerprint density at radius 3 is 2.52 bits per heavy atom. The third kappa shape index (κ3) is 5.69. The van der Waals surface area contributed by atoms with E-state index in [1.54, 1.807) is 44.6 Å². The summed E-state index contributed by atoms with van der Waals surface area (Å²) < 4.78 is 57.1. The predicted molar refractivity (Wildman–Crippen MR) is 142 cm³/mol. The quantitative estimate of drug-likeness (QED) is 0.401. The minimum absolute atomic E-state index is 0.0301. The summed E-state index contributed by atoms with van der Waals surface area (Å²) >= 11 is 0. The van der Waals surface area contributed by atoms with Gasteiger partial charge in [-0.25, -0.2) is 12.8 Å². The molecule has 1 unspecified atom stereocenters. The summed E-state index contributed by atoms with van der Waals surface area (Å²) in [7, 11) is -0.622. The normalized spacial score (nSPS) is 17.6. The predicted octanol–water partition coefficient (Wildman–Crippen LogP) is 3.48. The van der Waals surface area contributed by atoms with Crippen molar-refractivity contribution in [2.24, 2.45) is 0 Å². The first-order valence-electron chi connectivity index (χ1n) is 12.7. The van der Waals surface area contributed by atoms with Crippen molar-refractivity contribution < 1.29 is 36.3 Å². The largest absolute Gasteiger partial charge is 0.497 e. The van der Waals surface area contributed by atoms with Crippen LogP contribution in [-0.2, 0) is 26.1 Å². The summed E-state index contributed by atoms with van der Waals surface area (Å²) in [4.78, 5) is 19.2. The van der Waals surface area contributed by atoms with Gasteiger partial charge >= 0.3 is 0 Å². The van der Waals surface area contributed by atoms with Crippen LogP contribution in [0.1, 0.15) is 30.2 Å². The van der Waals surface area contributed by atoms with Gasteiger partial charge in [0.2, 0.25) is 10.0 Å². The van der Waals surface area contributed by atoms with E-state index in [0.717, 1.165) is 17.7 Å². The molecule has 2 N–H and O–H groups in total. The van der Waals surface area contributed by atoms with Crippen molar-refractivity contribution in [3.05, 3.63) is 89.8 Å². The number of hydrogen-bond acceptors (Lipinski definition) is 8. The number of hydroxylamine groups is 1. The third-order valence-electron chi connectivity index (χ3n) is 7.14. The van der Waals surface area contributed by atoms with Crippen LogP contribution in [0, 0.1) is 5.82 Å². The summed E-state index contributed by atoms with van der Waals surface area (Å²) in [6.07, 6.45) is 4.28. The van der Waals surface area contributed by atoms with Crippen molar-refractivity contribution in [2.45, 2.75) is 35.8 Å². The number of rotatable bonds is 9. The number of nitrogens with zero attached hydrogens (tertiary/aromatic N) is 1. The third-order valence-corrected chi connectivity index (χ3v) is 9.05. The lowest BCUT2D eigenvalue weighted by Crippen LogP contribution is -2.46. The van der Waals surface area contributed by atoms with Gasteiger partial charge in [-0.15, -0.1) is 0 Å². The number of carbonyl (C=O) groups is 1. The molecule has 2 aromatic carbocycles. The van der Waals surface area contributed by atoms with Gasteiger partial charge in [0.15, 0.2) is 0 Å². The molecule has 1 fully saturated rings. The van der Waals surface area contributed by atoms with E-state index in [4.69, 9.17) is 18.7 Å². The van der Waals surface area contributed by atoms with Crippen molar-refractivity contribution in [3.63, 3.8) is 0 Å². The Hall–Kier alpha value is -3.87. The molecule has 0 bridgehead atoms. The molecule has 1 spiro atoms. The fraction of sp³-hybridized carbons (Fsp3) is 0.321. The molecule has 0 aliphatic carbocycles. The number of halogens is 1. The molecule has 2 aliphatic heterocycles. The van der Waals surface area contributed by atoms with Gasteiger partial charge in [-0.3, -0.25) is 15.1 Å². The molecule has 0 saturated carbocycles. The van der Waals surface area contributed by atoms with Gasteiger partial charge in [0, 0.05) is 25.1 Å². The van der Waals surface area contributed by atoms with Crippen LogP contribution < -0.4 is 20.3 Å². The molecule has 1 aromatic heterocycles. The maximum atomic E-state index is 13.3. The molecule has 3 aromatic rings. The molecule has 12 heteroatoms. The monoisotopic (exact) mass is 571 g/mol. The lowest BCUT2D eigenvalue weighted by molar-refractivity contribution is -0.120. The van der Waals surface area contributed by atoms with Crippen LogP contribution in [0.2, 0.25) is 0 Å². The fourth-order valence-corrected chi connectivity index (χ4v) is 6.35. The van der Waals surface area contributed by atoms with E-state index in [9.17, 15) is 17.6 Å². The van der Waals surface area contributed by atoms with Crippen LogP contribution in [0.3, 0.4) is 0 Å². The molecule has 3 heterocycles. The number of nitrogens with one attached hydrogen (secondary N) is 2. The highest BCUT2D eigenvalue weighted by Gasteiger charge is 2.43. The second-order valence-electron chi connectivity index (χ2n) is 9.61. The highest BCUT2D eigenvalue weighted by atomic mass is 32.2. The minimum atomic E-state index is -3.78. The van der Waals surface area contributed by atoms with Crippen LogP contribution in [0.25, 0.3) is 0 Å². The molecule has 0 radical (unpaired) electrons. The smallest absolute Gasteiger partial charge is 0.270 e. The molecule has 10 nitrogen and oxygen atoms in total. The van der Waals surface area contributed by atoms with Crippen LogP contribution in [-0.4, -0.2) is 51.5 Å². The van der Waals surface area contributed by atoms with Gasteiger partial charge in [-0.2, -0.15) is 4.31 Å². The highest BCUT2D eigenvalue weighted by molar-refractivity contribution is 7.89. The van der Waals surface area contributed by atoms with Crippen LogP contribution in [0.15, 0.2) is 81.9 Å². The van der Waals surface area contributed by atoms with Crippen molar-refractivity contribution in [3.8, 4) is 11.5 Å². The Labute approximate surface area is 231 Å². The number of ether oxygens (including phenoxy) is 2. The van der Waals surface area contributed by atoms with Crippen molar-refractivity contribution in [2.75, 3.05) is 27.3 Å².